The first-order valence-electron chi connectivity index (χ1n) is 10.6. The van der Waals surface area contributed by atoms with Gasteiger partial charge in [-0.15, -0.1) is 0 Å². The smallest absolute Gasteiger partial charge is 0.255 e. The average Bonchev–Trinajstić information content (AvgIpc) is 2.80. The van der Waals surface area contributed by atoms with Crippen LogP contribution in [0.25, 0.3) is 11.0 Å². The van der Waals surface area contributed by atoms with E-state index in [4.69, 9.17) is 0 Å². The lowest BCUT2D eigenvalue weighted by atomic mass is 10.1. The van der Waals surface area contributed by atoms with Crippen LogP contribution in [0.4, 0.5) is 23.1 Å². The van der Waals surface area contributed by atoms with Crippen LogP contribution in [0.15, 0.2) is 60.9 Å². The molecule has 0 saturated heterocycles. The highest BCUT2D eigenvalue weighted by atomic mass is 16.1. The van der Waals surface area contributed by atoms with Gasteiger partial charge < -0.3 is 15.5 Å². The zero-order chi connectivity index (χ0) is 22.5. The van der Waals surface area contributed by atoms with Crippen LogP contribution in [0.1, 0.15) is 29.9 Å². The highest BCUT2D eigenvalue weighted by molar-refractivity contribution is 6.05. The first kappa shape index (κ1) is 21.2. The van der Waals surface area contributed by atoms with Gasteiger partial charge in [-0.25, -0.2) is 4.98 Å². The van der Waals surface area contributed by atoms with E-state index < -0.39 is 0 Å². The van der Waals surface area contributed by atoms with E-state index in [0.29, 0.717) is 22.7 Å². The van der Waals surface area contributed by atoms with Gasteiger partial charge in [-0.1, -0.05) is 0 Å². The van der Waals surface area contributed by atoms with Crippen LogP contribution in [0.5, 0.6) is 0 Å². The second-order valence-electron chi connectivity index (χ2n) is 7.28. The third-order valence-electron chi connectivity index (χ3n) is 5.06. The number of nitrogens with zero attached hydrogens (tertiary/aromatic N) is 5. The van der Waals surface area contributed by atoms with Gasteiger partial charge in [0.25, 0.3) is 5.91 Å². The Kier molecular flexibility index (Phi) is 6.21. The van der Waals surface area contributed by atoms with Gasteiger partial charge in [0.1, 0.15) is 5.82 Å². The number of aryl methyl sites for hydroxylation is 1. The lowest BCUT2D eigenvalue weighted by molar-refractivity contribution is 0.102. The predicted octanol–water partition coefficient (Wildman–Crippen LogP) is 4.57. The summed E-state index contributed by atoms with van der Waals surface area (Å²) in [7, 11) is 0. The number of fused-ring (bicyclic) bond motifs is 1. The van der Waals surface area contributed by atoms with E-state index in [0.717, 1.165) is 35.8 Å². The lowest BCUT2D eigenvalue weighted by Crippen LogP contribution is -2.23. The normalized spacial score (nSPS) is 10.7. The molecule has 2 aromatic carbocycles. The Balaban J connectivity index is 1.45. The van der Waals surface area contributed by atoms with Crippen molar-refractivity contribution in [2.75, 3.05) is 28.6 Å². The largest absolute Gasteiger partial charge is 0.357 e. The molecule has 162 valence electrons. The molecule has 0 aliphatic carbocycles. The summed E-state index contributed by atoms with van der Waals surface area (Å²) in [5.41, 5.74) is 4.38. The number of benzene rings is 2. The molecule has 32 heavy (non-hydrogen) atoms. The lowest BCUT2D eigenvalue weighted by Gasteiger charge is -2.20. The summed E-state index contributed by atoms with van der Waals surface area (Å²) >= 11 is 0. The Morgan fingerprint density at radius 2 is 1.56 bits per heavy atom. The Morgan fingerprint density at radius 3 is 2.28 bits per heavy atom. The maximum atomic E-state index is 12.6. The Morgan fingerprint density at radius 1 is 0.875 bits per heavy atom. The van der Waals surface area contributed by atoms with E-state index >= 15 is 0 Å². The van der Waals surface area contributed by atoms with E-state index in [1.165, 1.54) is 0 Å². The molecule has 1 amide bonds. The number of aromatic nitrogens is 4. The SMILES string of the molecule is CCN(CC)c1cc(C)nc(Nc2ccc(NC(=O)c3ccc4nccnc4c3)cc2)n1. The molecule has 4 rings (SSSR count). The molecule has 0 fully saturated rings. The number of anilines is 4. The van der Waals surface area contributed by atoms with Crippen LogP contribution >= 0.6 is 0 Å². The van der Waals surface area contributed by atoms with E-state index in [1.54, 1.807) is 30.6 Å². The van der Waals surface area contributed by atoms with Crippen molar-refractivity contribution in [2.45, 2.75) is 20.8 Å². The maximum Gasteiger partial charge on any atom is 0.255 e. The van der Waals surface area contributed by atoms with Crippen molar-refractivity contribution >= 4 is 40.1 Å². The summed E-state index contributed by atoms with van der Waals surface area (Å²) in [6.07, 6.45) is 3.24. The predicted molar refractivity (Wildman–Crippen MR) is 128 cm³/mol. The molecule has 0 radical (unpaired) electrons. The standard InChI is InChI=1S/C24H25N7O/c1-4-31(5-2)22-14-16(3)27-24(30-22)29-19-9-7-18(8-10-19)28-23(32)17-6-11-20-21(15-17)26-13-12-25-20/h6-15H,4-5H2,1-3H3,(H,28,32)(H,27,29,30). The quantitative estimate of drug-likeness (QED) is 0.446. The van der Waals surface area contributed by atoms with Crippen LogP contribution in [0.3, 0.4) is 0 Å². The summed E-state index contributed by atoms with van der Waals surface area (Å²) in [6.45, 7) is 7.92. The molecule has 0 spiro atoms. The van der Waals surface area contributed by atoms with Crippen LogP contribution in [0, 0.1) is 6.92 Å². The van der Waals surface area contributed by atoms with Gasteiger partial charge in [0.05, 0.1) is 11.0 Å². The van der Waals surface area contributed by atoms with Gasteiger partial charge in [-0.3, -0.25) is 14.8 Å². The number of amides is 1. The molecule has 8 nitrogen and oxygen atoms in total. The number of hydrogen-bond acceptors (Lipinski definition) is 7. The van der Waals surface area contributed by atoms with Crippen molar-refractivity contribution in [3.8, 4) is 0 Å². The van der Waals surface area contributed by atoms with Crippen molar-refractivity contribution in [3.05, 3.63) is 72.2 Å². The molecular formula is C24H25N7O. The molecule has 4 aromatic rings. The number of carbonyl (C=O) groups is 1. The minimum atomic E-state index is -0.204. The fourth-order valence-electron chi connectivity index (χ4n) is 3.39. The highest BCUT2D eigenvalue weighted by Crippen LogP contribution is 2.21. The molecule has 2 heterocycles. The minimum Gasteiger partial charge on any atom is -0.357 e. The first-order chi connectivity index (χ1) is 15.6. The van der Waals surface area contributed by atoms with Crippen LogP contribution in [-0.2, 0) is 0 Å². The van der Waals surface area contributed by atoms with Gasteiger partial charge in [-0.2, -0.15) is 4.98 Å². The van der Waals surface area contributed by atoms with Crippen LogP contribution < -0.4 is 15.5 Å². The van der Waals surface area contributed by atoms with Crippen molar-refractivity contribution in [3.63, 3.8) is 0 Å². The molecule has 8 heteroatoms. The van der Waals surface area contributed by atoms with Gasteiger partial charge >= 0.3 is 0 Å². The fraction of sp³-hybridized carbons (Fsp3) is 0.208. The number of carbonyl (C=O) groups excluding carboxylic acids is 1. The first-order valence-corrected chi connectivity index (χ1v) is 10.6. The fourth-order valence-corrected chi connectivity index (χ4v) is 3.39. The summed E-state index contributed by atoms with van der Waals surface area (Å²) in [5.74, 6) is 1.24. The van der Waals surface area contributed by atoms with Crippen LogP contribution in [0.2, 0.25) is 0 Å². The zero-order valence-corrected chi connectivity index (χ0v) is 18.3. The van der Waals surface area contributed by atoms with E-state index in [1.807, 2.05) is 37.3 Å². The molecule has 2 aromatic heterocycles. The van der Waals surface area contributed by atoms with Gasteiger partial charge in [0, 0.05) is 54.2 Å². The monoisotopic (exact) mass is 427 g/mol. The van der Waals surface area contributed by atoms with E-state index in [-0.39, 0.29) is 5.91 Å². The van der Waals surface area contributed by atoms with Crippen molar-refractivity contribution in [2.24, 2.45) is 0 Å². The Hall–Kier alpha value is -4.07. The van der Waals surface area contributed by atoms with Gasteiger partial charge in [0.15, 0.2) is 0 Å². The molecule has 0 aliphatic rings. The molecule has 0 atom stereocenters. The second-order valence-corrected chi connectivity index (χ2v) is 7.28. The third kappa shape index (κ3) is 4.80. The third-order valence-corrected chi connectivity index (χ3v) is 5.06. The van der Waals surface area contributed by atoms with Crippen molar-refractivity contribution in [1.82, 2.24) is 19.9 Å². The Bertz CT molecular complexity index is 1240. The zero-order valence-electron chi connectivity index (χ0n) is 18.3. The summed E-state index contributed by atoms with van der Waals surface area (Å²) in [5, 5.41) is 6.15. The van der Waals surface area contributed by atoms with E-state index in [2.05, 4.69) is 49.3 Å². The Labute approximate surface area is 186 Å². The number of hydrogen-bond donors (Lipinski definition) is 2. The number of nitrogens with one attached hydrogen (secondary N) is 2. The summed E-state index contributed by atoms with van der Waals surface area (Å²) < 4.78 is 0. The summed E-state index contributed by atoms with van der Waals surface area (Å²) in [4.78, 5) is 32.4. The molecule has 2 N–H and O–H groups in total. The second kappa shape index (κ2) is 9.38. The molecular weight excluding hydrogens is 402 g/mol. The molecule has 0 bridgehead atoms. The highest BCUT2D eigenvalue weighted by Gasteiger charge is 2.10. The van der Waals surface area contributed by atoms with Gasteiger partial charge in [-0.05, 0) is 63.2 Å². The number of rotatable bonds is 7. The van der Waals surface area contributed by atoms with Crippen LogP contribution in [-0.4, -0.2) is 38.9 Å². The topological polar surface area (TPSA) is 95.9 Å². The van der Waals surface area contributed by atoms with Crippen molar-refractivity contribution < 1.29 is 4.79 Å². The average molecular weight is 428 g/mol. The maximum absolute atomic E-state index is 12.6. The van der Waals surface area contributed by atoms with Gasteiger partial charge in [0.2, 0.25) is 5.95 Å². The summed E-state index contributed by atoms with van der Waals surface area (Å²) in [6, 6.07) is 14.7. The molecule has 0 unspecified atom stereocenters. The van der Waals surface area contributed by atoms with Crippen molar-refractivity contribution in [1.29, 1.82) is 0 Å². The van der Waals surface area contributed by atoms with E-state index in [9.17, 15) is 4.79 Å². The minimum absolute atomic E-state index is 0.204. The molecule has 0 aliphatic heterocycles. The molecule has 0 saturated carbocycles.